The van der Waals surface area contributed by atoms with E-state index in [2.05, 4.69) is 9.47 Å². The fourth-order valence-electron chi connectivity index (χ4n) is 0.810. The predicted molar refractivity (Wildman–Crippen MR) is 54.5 cm³/mol. The lowest BCUT2D eigenvalue weighted by Crippen LogP contribution is -2.26. The van der Waals surface area contributed by atoms with Gasteiger partial charge in [-0.1, -0.05) is 13.8 Å². The SMILES string of the molecule is CCC(O)C(=O)OCCOC(=O)C(O)CC. The Balaban J connectivity index is 3.61. The van der Waals surface area contributed by atoms with E-state index in [1.54, 1.807) is 13.8 Å². The molecular formula is C10H18O6. The van der Waals surface area contributed by atoms with Gasteiger partial charge in [0.15, 0.2) is 12.2 Å². The highest BCUT2D eigenvalue weighted by atomic mass is 16.6. The van der Waals surface area contributed by atoms with Gasteiger partial charge in [-0.3, -0.25) is 0 Å². The lowest BCUT2D eigenvalue weighted by Gasteiger charge is -2.10. The van der Waals surface area contributed by atoms with Gasteiger partial charge in [0.1, 0.15) is 13.2 Å². The molecule has 0 saturated carbocycles. The van der Waals surface area contributed by atoms with Gasteiger partial charge in [-0.25, -0.2) is 9.59 Å². The van der Waals surface area contributed by atoms with Crippen LogP contribution < -0.4 is 0 Å². The predicted octanol–water partition coefficient (Wildman–Crippen LogP) is -0.385. The van der Waals surface area contributed by atoms with Crippen LogP contribution >= 0.6 is 0 Å². The normalized spacial score (nSPS) is 14.0. The van der Waals surface area contributed by atoms with Gasteiger partial charge in [0.05, 0.1) is 0 Å². The zero-order valence-corrected chi connectivity index (χ0v) is 9.51. The van der Waals surface area contributed by atoms with Gasteiger partial charge in [0, 0.05) is 0 Å². The van der Waals surface area contributed by atoms with Crippen molar-refractivity contribution >= 4 is 11.9 Å². The van der Waals surface area contributed by atoms with Crippen LogP contribution in [0.3, 0.4) is 0 Å². The van der Waals surface area contributed by atoms with E-state index in [-0.39, 0.29) is 26.1 Å². The second-order valence-corrected chi connectivity index (χ2v) is 3.18. The molecule has 6 nitrogen and oxygen atoms in total. The van der Waals surface area contributed by atoms with Crippen molar-refractivity contribution in [1.29, 1.82) is 0 Å². The third kappa shape index (κ3) is 5.67. The number of rotatable bonds is 7. The van der Waals surface area contributed by atoms with E-state index < -0.39 is 24.1 Å². The Kier molecular flexibility index (Phi) is 7.49. The van der Waals surface area contributed by atoms with Gasteiger partial charge in [-0.2, -0.15) is 0 Å². The van der Waals surface area contributed by atoms with Crippen LogP contribution in [-0.2, 0) is 19.1 Å². The average Bonchev–Trinajstić information content (AvgIpc) is 2.31. The van der Waals surface area contributed by atoms with Crippen molar-refractivity contribution < 1.29 is 29.3 Å². The smallest absolute Gasteiger partial charge is 0.335 e. The largest absolute Gasteiger partial charge is 0.460 e. The number of carbonyl (C=O) groups is 2. The Morgan fingerprint density at radius 3 is 1.50 bits per heavy atom. The zero-order chi connectivity index (χ0) is 12.6. The molecule has 0 spiro atoms. The van der Waals surface area contributed by atoms with Crippen molar-refractivity contribution in [3.05, 3.63) is 0 Å². The van der Waals surface area contributed by atoms with Crippen LogP contribution in [0.5, 0.6) is 0 Å². The van der Waals surface area contributed by atoms with Gasteiger partial charge in [-0.15, -0.1) is 0 Å². The molecule has 0 aliphatic heterocycles. The summed E-state index contributed by atoms with van der Waals surface area (Å²) in [5.41, 5.74) is 0. The van der Waals surface area contributed by atoms with E-state index in [0.717, 1.165) is 0 Å². The molecule has 0 aromatic rings. The standard InChI is InChI=1S/C10H18O6/c1-3-7(11)9(13)15-5-6-16-10(14)8(12)4-2/h7-8,11-12H,3-6H2,1-2H3. The highest BCUT2D eigenvalue weighted by Crippen LogP contribution is 1.96. The van der Waals surface area contributed by atoms with Crippen molar-refractivity contribution in [1.82, 2.24) is 0 Å². The summed E-state index contributed by atoms with van der Waals surface area (Å²) in [5.74, 6) is -1.48. The summed E-state index contributed by atoms with van der Waals surface area (Å²) in [6.07, 6.45) is -1.74. The summed E-state index contributed by atoms with van der Waals surface area (Å²) in [5, 5.41) is 18.1. The number of esters is 2. The van der Waals surface area contributed by atoms with Crippen LogP contribution in [0.2, 0.25) is 0 Å². The van der Waals surface area contributed by atoms with E-state index in [1.807, 2.05) is 0 Å². The first kappa shape index (κ1) is 14.9. The molecule has 16 heavy (non-hydrogen) atoms. The van der Waals surface area contributed by atoms with E-state index in [4.69, 9.17) is 10.2 Å². The third-order valence-corrected chi connectivity index (χ3v) is 1.89. The van der Waals surface area contributed by atoms with Gasteiger partial charge >= 0.3 is 11.9 Å². The molecule has 0 aliphatic rings. The quantitative estimate of drug-likeness (QED) is 0.460. The Morgan fingerprint density at radius 2 is 1.25 bits per heavy atom. The molecule has 0 aromatic carbocycles. The van der Waals surface area contributed by atoms with E-state index in [1.165, 1.54) is 0 Å². The van der Waals surface area contributed by atoms with Crippen LogP contribution in [0.25, 0.3) is 0 Å². The Hall–Kier alpha value is -1.14. The molecule has 0 heterocycles. The van der Waals surface area contributed by atoms with Crippen molar-refractivity contribution in [2.24, 2.45) is 0 Å². The summed E-state index contributed by atoms with van der Waals surface area (Å²) >= 11 is 0. The molecule has 0 bridgehead atoms. The van der Waals surface area contributed by atoms with E-state index in [0.29, 0.717) is 0 Å². The van der Waals surface area contributed by atoms with Crippen LogP contribution in [-0.4, -0.2) is 47.6 Å². The van der Waals surface area contributed by atoms with Gasteiger partial charge < -0.3 is 19.7 Å². The highest BCUT2D eigenvalue weighted by molar-refractivity contribution is 5.75. The minimum atomic E-state index is -1.14. The number of aliphatic hydroxyl groups is 2. The second-order valence-electron chi connectivity index (χ2n) is 3.18. The van der Waals surface area contributed by atoms with Crippen molar-refractivity contribution in [3.63, 3.8) is 0 Å². The number of hydrogen-bond donors (Lipinski definition) is 2. The second kappa shape index (κ2) is 8.06. The van der Waals surface area contributed by atoms with Gasteiger partial charge in [0.25, 0.3) is 0 Å². The summed E-state index contributed by atoms with van der Waals surface area (Å²) in [6.45, 7) is 3.03. The summed E-state index contributed by atoms with van der Waals surface area (Å²) in [4.78, 5) is 21.9. The van der Waals surface area contributed by atoms with Crippen molar-refractivity contribution in [3.8, 4) is 0 Å². The first-order chi connectivity index (χ1) is 7.52. The number of carbonyl (C=O) groups excluding carboxylic acids is 2. The Bertz CT molecular complexity index is 203. The van der Waals surface area contributed by atoms with Crippen molar-refractivity contribution in [2.75, 3.05) is 13.2 Å². The lowest BCUT2D eigenvalue weighted by atomic mass is 10.3. The maximum Gasteiger partial charge on any atom is 0.335 e. The van der Waals surface area contributed by atoms with Crippen LogP contribution in [0.4, 0.5) is 0 Å². The first-order valence-corrected chi connectivity index (χ1v) is 5.22. The minimum Gasteiger partial charge on any atom is -0.460 e. The lowest BCUT2D eigenvalue weighted by molar-refractivity contribution is -0.162. The topological polar surface area (TPSA) is 93.1 Å². The maximum atomic E-state index is 10.9. The van der Waals surface area contributed by atoms with E-state index in [9.17, 15) is 9.59 Å². The maximum absolute atomic E-state index is 10.9. The van der Waals surface area contributed by atoms with Crippen LogP contribution in [0.15, 0.2) is 0 Å². The molecule has 0 rings (SSSR count). The molecule has 0 radical (unpaired) electrons. The van der Waals surface area contributed by atoms with Gasteiger partial charge in [0.2, 0.25) is 0 Å². The Morgan fingerprint density at radius 1 is 0.938 bits per heavy atom. The van der Waals surface area contributed by atoms with Gasteiger partial charge in [-0.05, 0) is 12.8 Å². The van der Waals surface area contributed by atoms with Crippen LogP contribution in [0, 0.1) is 0 Å². The molecule has 2 unspecified atom stereocenters. The Labute approximate surface area is 94.2 Å². The highest BCUT2D eigenvalue weighted by Gasteiger charge is 2.16. The molecule has 94 valence electrons. The summed E-state index contributed by atoms with van der Waals surface area (Å²) in [7, 11) is 0. The molecule has 0 aliphatic carbocycles. The van der Waals surface area contributed by atoms with Crippen LogP contribution in [0.1, 0.15) is 26.7 Å². The fraction of sp³-hybridized carbons (Fsp3) is 0.800. The molecular weight excluding hydrogens is 216 g/mol. The fourth-order valence-corrected chi connectivity index (χ4v) is 0.810. The number of aliphatic hydroxyl groups excluding tert-OH is 2. The average molecular weight is 234 g/mol. The third-order valence-electron chi connectivity index (χ3n) is 1.89. The zero-order valence-electron chi connectivity index (χ0n) is 9.51. The minimum absolute atomic E-state index is 0.127. The number of ether oxygens (including phenoxy) is 2. The monoisotopic (exact) mass is 234 g/mol. The number of hydrogen-bond acceptors (Lipinski definition) is 6. The molecule has 6 heteroatoms. The van der Waals surface area contributed by atoms with E-state index >= 15 is 0 Å². The molecule has 2 atom stereocenters. The molecule has 0 amide bonds. The molecule has 0 aromatic heterocycles. The molecule has 0 saturated heterocycles. The summed E-state index contributed by atoms with van der Waals surface area (Å²) in [6, 6.07) is 0. The molecule has 0 fully saturated rings. The van der Waals surface area contributed by atoms with Crippen molar-refractivity contribution in [2.45, 2.75) is 38.9 Å². The summed E-state index contributed by atoms with van der Waals surface area (Å²) < 4.78 is 9.22. The molecule has 2 N–H and O–H groups in total. The first-order valence-electron chi connectivity index (χ1n) is 5.22.